The molecule has 25 heavy (non-hydrogen) atoms. The van der Waals surface area contributed by atoms with Crippen LogP contribution in [0.1, 0.15) is 28.3 Å². The van der Waals surface area contributed by atoms with Gasteiger partial charge in [-0.3, -0.25) is 4.79 Å². The zero-order valence-corrected chi connectivity index (χ0v) is 17.0. The Morgan fingerprint density at radius 2 is 2.04 bits per heavy atom. The van der Waals surface area contributed by atoms with Crippen LogP contribution in [0.2, 0.25) is 0 Å². The van der Waals surface area contributed by atoms with Crippen molar-refractivity contribution in [3.05, 3.63) is 31.5 Å². The molecule has 10 heteroatoms. The minimum absolute atomic E-state index is 0.106. The lowest BCUT2D eigenvalue weighted by Crippen LogP contribution is -2.27. The number of rotatable bonds is 6. The van der Waals surface area contributed by atoms with Gasteiger partial charge in [-0.05, 0) is 44.1 Å². The molecule has 2 aromatic rings. The van der Waals surface area contributed by atoms with Crippen molar-refractivity contribution in [2.45, 2.75) is 36.9 Å². The monoisotopic (exact) mass is 417 g/mol. The van der Waals surface area contributed by atoms with Gasteiger partial charge in [-0.1, -0.05) is 0 Å². The van der Waals surface area contributed by atoms with E-state index >= 15 is 0 Å². The summed E-state index contributed by atoms with van der Waals surface area (Å²) in [6.45, 7) is 3.40. The number of carbonyl (C=O) groups is 1. The van der Waals surface area contributed by atoms with Gasteiger partial charge in [0, 0.05) is 28.5 Å². The molecule has 0 aromatic carbocycles. The second-order valence-corrected chi connectivity index (χ2v) is 11.0. The predicted octanol–water partition coefficient (Wildman–Crippen LogP) is 2.82. The number of nitrogens with one attached hydrogen (secondary N) is 2. The van der Waals surface area contributed by atoms with Crippen molar-refractivity contribution < 1.29 is 13.2 Å². The molecule has 1 amide bonds. The second kappa shape index (κ2) is 7.67. The van der Waals surface area contributed by atoms with Gasteiger partial charge < -0.3 is 10.3 Å². The number of sulfonamides is 1. The molecule has 2 N–H and O–H groups in total. The lowest BCUT2D eigenvalue weighted by Gasteiger charge is -2.13. The Kier molecular flexibility index (Phi) is 5.74. The van der Waals surface area contributed by atoms with Gasteiger partial charge in [0.05, 0.1) is 13.0 Å². The van der Waals surface area contributed by atoms with Gasteiger partial charge in [-0.15, -0.1) is 22.7 Å². The first kappa shape index (κ1) is 18.7. The Bertz CT molecular complexity index is 920. The normalized spacial score (nSPS) is 15.6. The van der Waals surface area contributed by atoms with Gasteiger partial charge in [-0.25, -0.2) is 8.42 Å². The summed E-state index contributed by atoms with van der Waals surface area (Å²) in [6, 6.07) is 3.39. The summed E-state index contributed by atoms with van der Waals surface area (Å²) >= 11 is 7.69. The van der Waals surface area contributed by atoms with Gasteiger partial charge >= 0.3 is 0 Å². The lowest BCUT2D eigenvalue weighted by molar-refractivity contribution is -0.120. The molecule has 3 rings (SSSR count). The number of amides is 1. The Labute approximate surface area is 159 Å². The van der Waals surface area contributed by atoms with Crippen LogP contribution in [0.5, 0.6) is 0 Å². The van der Waals surface area contributed by atoms with Crippen LogP contribution in [-0.2, 0) is 27.8 Å². The van der Waals surface area contributed by atoms with Crippen molar-refractivity contribution in [2.24, 2.45) is 0 Å². The molecule has 3 heterocycles. The van der Waals surface area contributed by atoms with E-state index in [1.807, 2.05) is 6.92 Å². The van der Waals surface area contributed by atoms with E-state index < -0.39 is 10.0 Å². The van der Waals surface area contributed by atoms with Crippen LogP contribution in [0.25, 0.3) is 0 Å². The lowest BCUT2D eigenvalue weighted by atomic mass is 10.3. The van der Waals surface area contributed by atoms with E-state index in [9.17, 15) is 13.2 Å². The fourth-order valence-electron chi connectivity index (χ4n) is 2.65. The standard InChI is InChI=1S/C15H19N3O3S4/c1-10-12(24-15(22)17-10)8-13(19)16-9-11-4-5-14(23-11)25(20,21)18-6-2-3-7-18/h4-5H,2-3,6-9H2,1H3,(H,16,19)(H,17,22). The van der Waals surface area contributed by atoms with E-state index in [1.165, 1.54) is 27.0 Å². The highest BCUT2D eigenvalue weighted by atomic mass is 32.2. The molecule has 0 bridgehead atoms. The molecule has 1 aliphatic rings. The first-order valence-electron chi connectivity index (χ1n) is 7.90. The van der Waals surface area contributed by atoms with Crippen molar-refractivity contribution in [2.75, 3.05) is 13.1 Å². The van der Waals surface area contributed by atoms with Crippen molar-refractivity contribution >= 4 is 50.8 Å². The minimum atomic E-state index is -3.38. The van der Waals surface area contributed by atoms with Crippen LogP contribution in [-0.4, -0.2) is 36.7 Å². The molecule has 1 aliphatic heterocycles. The Morgan fingerprint density at radius 1 is 1.32 bits per heavy atom. The first-order valence-corrected chi connectivity index (χ1v) is 11.4. The third-order valence-electron chi connectivity index (χ3n) is 4.00. The number of thiazole rings is 1. The van der Waals surface area contributed by atoms with Gasteiger partial charge in [0.15, 0.2) is 3.95 Å². The molecular formula is C15H19N3O3S4. The maximum absolute atomic E-state index is 12.5. The van der Waals surface area contributed by atoms with Gasteiger partial charge in [0.1, 0.15) is 4.21 Å². The van der Waals surface area contributed by atoms with Crippen LogP contribution in [0.3, 0.4) is 0 Å². The Balaban J connectivity index is 1.59. The van der Waals surface area contributed by atoms with Crippen LogP contribution >= 0.6 is 34.9 Å². The van der Waals surface area contributed by atoms with E-state index in [0.29, 0.717) is 27.8 Å². The highest BCUT2D eigenvalue weighted by molar-refractivity contribution is 7.91. The van der Waals surface area contributed by atoms with Crippen LogP contribution in [0.4, 0.5) is 0 Å². The number of carbonyl (C=O) groups excluding carboxylic acids is 1. The van der Waals surface area contributed by atoms with Crippen LogP contribution in [0, 0.1) is 10.9 Å². The zero-order chi connectivity index (χ0) is 18.0. The van der Waals surface area contributed by atoms with E-state index in [-0.39, 0.29) is 12.3 Å². The molecule has 2 aromatic heterocycles. The highest BCUT2D eigenvalue weighted by Gasteiger charge is 2.28. The third kappa shape index (κ3) is 4.37. The predicted molar refractivity (Wildman–Crippen MR) is 102 cm³/mol. The number of nitrogens with zero attached hydrogens (tertiary/aromatic N) is 1. The molecular weight excluding hydrogens is 398 g/mol. The van der Waals surface area contributed by atoms with Gasteiger partial charge in [-0.2, -0.15) is 4.31 Å². The van der Waals surface area contributed by atoms with Gasteiger partial charge in [0.25, 0.3) is 10.0 Å². The molecule has 1 saturated heterocycles. The van der Waals surface area contributed by atoms with E-state index in [1.54, 1.807) is 12.1 Å². The SMILES string of the molecule is Cc1[nH]c(=S)sc1CC(=O)NCc1ccc(S(=O)(=O)N2CCCC2)s1. The van der Waals surface area contributed by atoms with Crippen molar-refractivity contribution in [1.82, 2.24) is 14.6 Å². The summed E-state index contributed by atoms with van der Waals surface area (Å²) in [5.74, 6) is -0.106. The molecule has 0 radical (unpaired) electrons. The van der Waals surface area contributed by atoms with Crippen molar-refractivity contribution in [3.8, 4) is 0 Å². The fourth-order valence-corrected chi connectivity index (χ4v) is 6.90. The largest absolute Gasteiger partial charge is 0.351 e. The third-order valence-corrected chi connectivity index (χ3v) is 8.79. The summed E-state index contributed by atoms with van der Waals surface area (Å²) in [5.41, 5.74) is 0.917. The Morgan fingerprint density at radius 3 is 2.68 bits per heavy atom. The number of aromatic amines is 1. The number of aryl methyl sites for hydroxylation is 1. The van der Waals surface area contributed by atoms with E-state index in [4.69, 9.17) is 12.2 Å². The minimum Gasteiger partial charge on any atom is -0.351 e. The van der Waals surface area contributed by atoms with Crippen molar-refractivity contribution in [1.29, 1.82) is 0 Å². The smallest absolute Gasteiger partial charge is 0.252 e. The van der Waals surface area contributed by atoms with Crippen LogP contribution < -0.4 is 5.32 Å². The average Bonchev–Trinajstić information content (AvgIpc) is 3.27. The second-order valence-electron chi connectivity index (χ2n) is 5.85. The maximum Gasteiger partial charge on any atom is 0.252 e. The molecule has 0 spiro atoms. The number of H-pyrrole nitrogens is 1. The van der Waals surface area contributed by atoms with E-state index in [0.717, 1.165) is 28.3 Å². The number of aromatic nitrogens is 1. The summed E-state index contributed by atoms with van der Waals surface area (Å²) < 4.78 is 27.5. The maximum atomic E-state index is 12.5. The Hall–Kier alpha value is -1.07. The summed E-state index contributed by atoms with van der Waals surface area (Å²) in [5, 5.41) is 2.84. The topological polar surface area (TPSA) is 82.3 Å². The molecule has 1 fully saturated rings. The fraction of sp³-hybridized carbons (Fsp3) is 0.467. The van der Waals surface area contributed by atoms with E-state index in [2.05, 4.69) is 10.3 Å². The average molecular weight is 418 g/mol. The number of hydrogen-bond donors (Lipinski definition) is 2. The molecule has 0 saturated carbocycles. The highest BCUT2D eigenvalue weighted by Crippen LogP contribution is 2.27. The van der Waals surface area contributed by atoms with Crippen molar-refractivity contribution in [3.63, 3.8) is 0 Å². The molecule has 6 nitrogen and oxygen atoms in total. The summed E-state index contributed by atoms with van der Waals surface area (Å²) in [7, 11) is -3.38. The summed E-state index contributed by atoms with van der Waals surface area (Å²) in [4.78, 5) is 16.8. The zero-order valence-electron chi connectivity index (χ0n) is 13.7. The number of thiophene rings is 1. The van der Waals surface area contributed by atoms with Gasteiger partial charge in [0.2, 0.25) is 5.91 Å². The molecule has 0 atom stereocenters. The van der Waals surface area contributed by atoms with Crippen LogP contribution in [0.15, 0.2) is 16.3 Å². The number of hydrogen-bond acceptors (Lipinski definition) is 6. The molecule has 136 valence electrons. The molecule has 0 aliphatic carbocycles. The quantitative estimate of drug-likeness (QED) is 0.708. The molecule has 0 unspecified atom stereocenters. The first-order chi connectivity index (χ1) is 11.9. The summed E-state index contributed by atoms with van der Waals surface area (Å²) in [6.07, 6.45) is 2.10.